The van der Waals surface area contributed by atoms with Gasteiger partial charge in [-0.25, -0.2) is 0 Å². The summed E-state index contributed by atoms with van der Waals surface area (Å²) in [6.45, 7) is 5.67. The first-order valence-corrected chi connectivity index (χ1v) is 4.70. The average molecular weight is 204 g/mol. The smallest absolute Gasteiger partial charge is 0.224 e. The van der Waals surface area contributed by atoms with Gasteiger partial charge in [-0.15, -0.1) is 0 Å². The van der Waals surface area contributed by atoms with Gasteiger partial charge in [0.2, 0.25) is 5.91 Å². The Morgan fingerprint density at radius 3 is 2.64 bits per heavy atom. The van der Waals surface area contributed by atoms with E-state index in [9.17, 15) is 4.79 Å². The standard InChI is InChI=1S/C9H20N2O3/c1-9(2,8(10)13)7-11-3-5-14-6-4-12/h11-12H,3-7H2,1-2H3,(H2,10,13). The Balaban J connectivity index is 3.40. The van der Waals surface area contributed by atoms with Crippen molar-refractivity contribution in [3.63, 3.8) is 0 Å². The van der Waals surface area contributed by atoms with Crippen LogP contribution < -0.4 is 11.1 Å². The molecule has 4 N–H and O–H groups in total. The molecule has 0 saturated carbocycles. The van der Waals surface area contributed by atoms with Crippen LogP contribution in [0.4, 0.5) is 0 Å². The third-order valence-corrected chi connectivity index (χ3v) is 1.89. The molecule has 0 spiro atoms. The van der Waals surface area contributed by atoms with Gasteiger partial charge in [0, 0.05) is 13.1 Å². The molecule has 14 heavy (non-hydrogen) atoms. The second-order valence-corrected chi connectivity index (χ2v) is 3.76. The Labute approximate surface area is 84.6 Å². The van der Waals surface area contributed by atoms with Crippen molar-refractivity contribution in [1.82, 2.24) is 5.32 Å². The highest BCUT2D eigenvalue weighted by atomic mass is 16.5. The molecule has 0 rings (SSSR count). The summed E-state index contributed by atoms with van der Waals surface area (Å²) in [4.78, 5) is 10.9. The predicted molar refractivity (Wildman–Crippen MR) is 53.7 cm³/mol. The van der Waals surface area contributed by atoms with Gasteiger partial charge in [0.05, 0.1) is 25.2 Å². The molecule has 5 heteroatoms. The number of primary amides is 1. The zero-order valence-corrected chi connectivity index (χ0v) is 8.88. The molecular formula is C9H20N2O3. The quantitative estimate of drug-likeness (QED) is 0.447. The van der Waals surface area contributed by atoms with Crippen LogP contribution in [0.25, 0.3) is 0 Å². The summed E-state index contributed by atoms with van der Waals surface area (Å²) in [5.41, 5.74) is 4.66. The monoisotopic (exact) mass is 204 g/mol. The minimum Gasteiger partial charge on any atom is -0.394 e. The molecule has 0 saturated heterocycles. The lowest BCUT2D eigenvalue weighted by atomic mass is 9.93. The molecule has 0 radical (unpaired) electrons. The van der Waals surface area contributed by atoms with E-state index in [-0.39, 0.29) is 12.5 Å². The molecule has 5 nitrogen and oxygen atoms in total. The molecule has 0 bridgehead atoms. The van der Waals surface area contributed by atoms with Crippen molar-refractivity contribution in [3.05, 3.63) is 0 Å². The van der Waals surface area contributed by atoms with Crippen LogP contribution in [-0.4, -0.2) is 43.9 Å². The number of ether oxygens (including phenoxy) is 1. The Hall–Kier alpha value is -0.650. The van der Waals surface area contributed by atoms with E-state index in [1.54, 1.807) is 13.8 Å². The van der Waals surface area contributed by atoms with Crippen LogP contribution in [0, 0.1) is 5.41 Å². The van der Waals surface area contributed by atoms with Gasteiger partial charge in [0.25, 0.3) is 0 Å². The van der Waals surface area contributed by atoms with Crippen LogP contribution in [0.3, 0.4) is 0 Å². The number of hydrogen-bond donors (Lipinski definition) is 3. The van der Waals surface area contributed by atoms with E-state index in [0.29, 0.717) is 26.3 Å². The average Bonchev–Trinajstić information content (AvgIpc) is 2.10. The molecule has 0 aromatic rings. The maximum Gasteiger partial charge on any atom is 0.224 e. The van der Waals surface area contributed by atoms with Crippen LogP contribution in [0.2, 0.25) is 0 Å². The molecule has 0 atom stereocenters. The van der Waals surface area contributed by atoms with Crippen LogP contribution >= 0.6 is 0 Å². The third-order valence-electron chi connectivity index (χ3n) is 1.89. The zero-order valence-electron chi connectivity index (χ0n) is 8.88. The van der Waals surface area contributed by atoms with Gasteiger partial charge in [-0.3, -0.25) is 4.79 Å². The SMILES string of the molecule is CC(C)(CNCCOCCO)C(N)=O. The lowest BCUT2D eigenvalue weighted by Gasteiger charge is -2.20. The number of hydrogen-bond acceptors (Lipinski definition) is 4. The highest BCUT2D eigenvalue weighted by Gasteiger charge is 2.23. The molecule has 0 aromatic heterocycles. The van der Waals surface area contributed by atoms with Crippen molar-refractivity contribution >= 4 is 5.91 Å². The van der Waals surface area contributed by atoms with Gasteiger partial charge < -0.3 is 20.9 Å². The van der Waals surface area contributed by atoms with Gasteiger partial charge in [0.1, 0.15) is 0 Å². The Morgan fingerprint density at radius 2 is 2.14 bits per heavy atom. The fourth-order valence-corrected chi connectivity index (χ4v) is 0.799. The largest absolute Gasteiger partial charge is 0.394 e. The molecule has 0 aromatic carbocycles. The van der Waals surface area contributed by atoms with Crippen molar-refractivity contribution in [2.75, 3.05) is 32.9 Å². The van der Waals surface area contributed by atoms with Crippen LogP contribution in [0.15, 0.2) is 0 Å². The highest BCUT2D eigenvalue weighted by Crippen LogP contribution is 2.11. The first-order chi connectivity index (χ1) is 6.50. The van der Waals surface area contributed by atoms with Crippen molar-refractivity contribution in [3.8, 4) is 0 Å². The third kappa shape index (κ3) is 5.90. The minimum absolute atomic E-state index is 0.0345. The molecule has 0 fully saturated rings. The molecular weight excluding hydrogens is 184 g/mol. The highest BCUT2D eigenvalue weighted by molar-refractivity contribution is 5.80. The maximum atomic E-state index is 10.9. The summed E-state index contributed by atoms with van der Waals surface area (Å²) >= 11 is 0. The lowest BCUT2D eigenvalue weighted by Crippen LogP contribution is -2.41. The molecule has 0 heterocycles. The topological polar surface area (TPSA) is 84.6 Å². The van der Waals surface area contributed by atoms with Gasteiger partial charge in [0.15, 0.2) is 0 Å². The molecule has 0 unspecified atom stereocenters. The van der Waals surface area contributed by atoms with E-state index >= 15 is 0 Å². The Bertz CT molecular complexity index is 171. The summed E-state index contributed by atoms with van der Waals surface area (Å²) in [6.07, 6.45) is 0. The molecule has 1 amide bonds. The van der Waals surface area contributed by atoms with Crippen molar-refractivity contribution in [2.24, 2.45) is 11.1 Å². The number of rotatable bonds is 8. The normalized spacial score (nSPS) is 11.6. The van der Waals surface area contributed by atoms with Gasteiger partial charge in [-0.05, 0) is 13.8 Å². The number of aliphatic hydroxyl groups excluding tert-OH is 1. The summed E-state index contributed by atoms with van der Waals surface area (Å²) in [5, 5.41) is 11.5. The predicted octanol–water partition coefficient (Wildman–Crippen LogP) is -0.904. The van der Waals surface area contributed by atoms with Gasteiger partial charge in [-0.2, -0.15) is 0 Å². The molecule has 84 valence electrons. The van der Waals surface area contributed by atoms with E-state index in [4.69, 9.17) is 15.6 Å². The van der Waals surface area contributed by atoms with E-state index < -0.39 is 5.41 Å². The van der Waals surface area contributed by atoms with Crippen LogP contribution in [0.1, 0.15) is 13.8 Å². The number of carbonyl (C=O) groups is 1. The Kier molecular flexibility index (Phi) is 6.44. The summed E-state index contributed by atoms with van der Waals surface area (Å²) in [5.74, 6) is -0.318. The second kappa shape index (κ2) is 6.75. The summed E-state index contributed by atoms with van der Waals surface area (Å²) in [7, 11) is 0. The van der Waals surface area contributed by atoms with Gasteiger partial charge in [-0.1, -0.05) is 0 Å². The second-order valence-electron chi connectivity index (χ2n) is 3.76. The van der Waals surface area contributed by atoms with E-state index in [1.807, 2.05) is 0 Å². The van der Waals surface area contributed by atoms with Crippen LogP contribution in [0.5, 0.6) is 0 Å². The maximum absolute atomic E-state index is 10.9. The number of aliphatic hydroxyl groups is 1. The van der Waals surface area contributed by atoms with Crippen molar-refractivity contribution in [1.29, 1.82) is 0 Å². The van der Waals surface area contributed by atoms with Gasteiger partial charge >= 0.3 is 0 Å². The summed E-state index contributed by atoms with van der Waals surface area (Å²) < 4.78 is 5.03. The molecule has 0 aliphatic carbocycles. The molecule has 0 aliphatic heterocycles. The number of nitrogens with one attached hydrogen (secondary N) is 1. The molecule has 0 aliphatic rings. The number of carbonyl (C=O) groups excluding carboxylic acids is 1. The fraction of sp³-hybridized carbons (Fsp3) is 0.889. The van der Waals surface area contributed by atoms with Crippen molar-refractivity contribution in [2.45, 2.75) is 13.8 Å². The van der Waals surface area contributed by atoms with E-state index in [2.05, 4.69) is 5.32 Å². The van der Waals surface area contributed by atoms with Crippen molar-refractivity contribution < 1.29 is 14.6 Å². The van der Waals surface area contributed by atoms with Crippen LogP contribution in [-0.2, 0) is 9.53 Å². The first kappa shape index (κ1) is 13.4. The zero-order chi connectivity index (χ0) is 11.0. The minimum atomic E-state index is -0.531. The lowest BCUT2D eigenvalue weighted by molar-refractivity contribution is -0.125. The fourth-order valence-electron chi connectivity index (χ4n) is 0.799. The van der Waals surface area contributed by atoms with E-state index in [1.165, 1.54) is 0 Å². The Morgan fingerprint density at radius 1 is 1.50 bits per heavy atom. The first-order valence-electron chi connectivity index (χ1n) is 4.70. The van der Waals surface area contributed by atoms with E-state index in [0.717, 1.165) is 0 Å². The summed E-state index contributed by atoms with van der Waals surface area (Å²) in [6, 6.07) is 0. The number of amides is 1. The number of nitrogens with two attached hydrogens (primary N) is 1.